The first kappa shape index (κ1) is 12.1. The van der Waals surface area contributed by atoms with Crippen LogP contribution in [0.15, 0.2) is 4.52 Å². The molecule has 0 aliphatic carbocycles. The number of hydrogen-bond acceptors (Lipinski definition) is 7. The van der Waals surface area contributed by atoms with Crippen LogP contribution in [0.25, 0.3) is 10.8 Å². The zero-order valence-corrected chi connectivity index (χ0v) is 10.9. The molecule has 2 aromatic heterocycles. The molecule has 0 saturated heterocycles. The van der Waals surface area contributed by atoms with Gasteiger partial charge in [-0.25, -0.2) is 0 Å². The molecule has 0 spiro atoms. The second-order valence-corrected chi connectivity index (χ2v) is 4.85. The molecule has 7 heteroatoms. The third-order valence-electron chi connectivity index (χ3n) is 2.76. The van der Waals surface area contributed by atoms with Crippen molar-refractivity contribution in [3.05, 3.63) is 11.5 Å². The zero-order valence-electron chi connectivity index (χ0n) is 10.1. The molecule has 0 aromatic carbocycles. The molecule has 2 N–H and O–H groups in total. The first-order valence-electron chi connectivity index (χ1n) is 5.53. The fraction of sp³-hybridized carbons (Fsp3) is 0.600. The van der Waals surface area contributed by atoms with Crippen molar-refractivity contribution in [2.24, 2.45) is 5.73 Å². The molecule has 2 aromatic rings. The van der Waals surface area contributed by atoms with Crippen LogP contribution in [0.5, 0.6) is 0 Å². The second kappa shape index (κ2) is 4.50. The van der Waals surface area contributed by atoms with E-state index in [0.29, 0.717) is 11.7 Å². The Morgan fingerprint density at radius 1 is 1.41 bits per heavy atom. The van der Waals surface area contributed by atoms with Crippen LogP contribution in [-0.2, 0) is 12.0 Å². The summed E-state index contributed by atoms with van der Waals surface area (Å²) in [7, 11) is 0. The van der Waals surface area contributed by atoms with Gasteiger partial charge in [-0.1, -0.05) is 23.5 Å². The summed E-state index contributed by atoms with van der Waals surface area (Å²) in [5, 5.41) is 7.94. The maximum atomic E-state index is 6.06. The lowest BCUT2D eigenvalue weighted by Crippen LogP contribution is -2.33. The smallest absolute Gasteiger partial charge is 0.271 e. The van der Waals surface area contributed by atoms with E-state index in [1.165, 1.54) is 11.5 Å². The van der Waals surface area contributed by atoms with Gasteiger partial charge in [0, 0.05) is 0 Å². The molecule has 1 atom stereocenters. The molecule has 0 saturated carbocycles. The molecule has 2 heterocycles. The number of nitrogens with two attached hydrogens (primary N) is 1. The van der Waals surface area contributed by atoms with Gasteiger partial charge in [0.15, 0.2) is 5.82 Å². The lowest BCUT2D eigenvalue weighted by molar-refractivity contribution is 0.379. The average Bonchev–Trinajstić information content (AvgIpc) is 2.96. The molecule has 0 aliphatic heterocycles. The molecule has 2 rings (SSSR count). The largest absolute Gasteiger partial charge is 0.333 e. The summed E-state index contributed by atoms with van der Waals surface area (Å²) in [6, 6.07) is 0. The first-order valence-corrected chi connectivity index (χ1v) is 6.30. The highest BCUT2D eigenvalue weighted by Crippen LogP contribution is 2.27. The van der Waals surface area contributed by atoms with Gasteiger partial charge in [-0.05, 0) is 31.3 Å². The summed E-state index contributed by atoms with van der Waals surface area (Å²) < 4.78 is 9.12. The van der Waals surface area contributed by atoms with Crippen LogP contribution in [0, 0.1) is 0 Å². The molecule has 0 radical (unpaired) electrons. The lowest BCUT2D eigenvalue weighted by Gasteiger charge is -2.16. The van der Waals surface area contributed by atoms with Crippen molar-refractivity contribution in [2.75, 3.05) is 0 Å². The maximum Gasteiger partial charge on any atom is 0.271 e. The van der Waals surface area contributed by atoms with E-state index in [9.17, 15) is 0 Å². The third-order valence-corrected chi connectivity index (χ3v) is 3.51. The SMILES string of the molecule is CCc1nnsc1-c1nc(C(C)(N)CC)no1. The van der Waals surface area contributed by atoms with Crippen LogP contribution in [0.4, 0.5) is 0 Å². The van der Waals surface area contributed by atoms with Crippen LogP contribution < -0.4 is 5.73 Å². The minimum Gasteiger partial charge on any atom is -0.333 e. The van der Waals surface area contributed by atoms with Gasteiger partial charge in [-0.15, -0.1) is 5.10 Å². The van der Waals surface area contributed by atoms with Crippen molar-refractivity contribution in [2.45, 2.75) is 39.2 Å². The van der Waals surface area contributed by atoms with E-state index < -0.39 is 5.54 Å². The Labute approximate surface area is 103 Å². The Balaban J connectivity index is 2.36. The van der Waals surface area contributed by atoms with Crippen LogP contribution in [0.3, 0.4) is 0 Å². The van der Waals surface area contributed by atoms with Crippen molar-refractivity contribution < 1.29 is 4.52 Å². The van der Waals surface area contributed by atoms with Crippen molar-refractivity contribution >= 4 is 11.5 Å². The van der Waals surface area contributed by atoms with E-state index in [0.717, 1.165) is 23.4 Å². The minimum absolute atomic E-state index is 0.456. The molecular formula is C10H15N5OS. The number of aryl methyl sites for hydroxylation is 1. The van der Waals surface area contributed by atoms with E-state index in [1.54, 1.807) is 0 Å². The summed E-state index contributed by atoms with van der Waals surface area (Å²) in [4.78, 5) is 5.16. The molecule has 0 bridgehead atoms. The molecule has 0 fully saturated rings. The summed E-state index contributed by atoms with van der Waals surface area (Å²) in [5.74, 6) is 0.974. The second-order valence-electron chi connectivity index (χ2n) is 4.10. The highest BCUT2D eigenvalue weighted by Gasteiger charge is 2.26. The fourth-order valence-electron chi connectivity index (χ4n) is 1.31. The van der Waals surface area contributed by atoms with Crippen LogP contribution in [-0.4, -0.2) is 19.7 Å². The fourth-order valence-corrected chi connectivity index (χ4v) is 1.98. The summed E-state index contributed by atoms with van der Waals surface area (Å²) in [6.07, 6.45) is 1.53. The van der Waals surface area contributed by atoms with Gasteiger partial charge in [0.05, 0.1) is 11.2 Å². The Kier molecular flexibility index (Phi) is 3.21. The number of rotatable bonds is 4. The normalized spacial score (nSPS) is 14.8. The molecule has 17 heavy (non-hydrogen) atoms. The molecule has 92 valence electrons. The Bertz CT molecular complexity index is 504. The van der Waals surface area contributed by atoms with Crippen LogP contribution in [0.2, 0.25) is 0 Å². The summed E-state index contributed by atoms with van der Waals surface area (Å²) in [5.41, 5.74) is 6.37. The Morgan fingerprint density at radius 2 is 2.18 bits per heavy atom. The highest BCUT2D eigenvalue weighted by atomic mass is 32.1. The maximum absolute atomic E-state index is 6.06. The minimum atomic E-state index is -0.563. The Morgan fingerprint density at radius 3 is 2.82 bits per heavy atom. The van der Waals surface area contributed by atoms with Crippen LogP contribution >= 0.6 is 11.5 Å². The monoisotopic (exact) mass is 253 g/mol. The van der Waals surface area contributed by atoms with Crippen LogP contribution in [0.1, 0.15) is 38.7 Å². The van der Waals surface area contributed by atoms with Gasteiger partial charge in [-0.2, -0.15) is 4.98 Å². The Hall–Kier alpha value is -1.34. The molecule has 6 nitrogen and oxygen atoms in total. The number of nitrogens with zero attached hydrogens (tertiary/aromatic N) is 4. The van der Waals surface area contributed by atoms with E-state index in [4.69, 9.17) is 10.3 Å². The van der Waals surface area contributed by atoms with Gasteiger partial charge in [-0.3, -0.25) is 0 Å². The van der Waals surface area contributed by atoms with Gasteiger partial charge >= 0.3 is 0 Å². The van der Waals surface area contributed by atoms with Crippen molar-refractivity contribution in [3.8, 4) is 10.8 Å². The van der Waals surface area contributed by atoms with Gasteiger partial charge < -0.3 is 10.3 Å². The topological polar surface area (TPSA) is 90.7 Å². The van der Waals surface area contributed by atoms with E-state index >= 15 is 0 Å². The summed E-state index contributed by atoms with van der Waals surface area (Å²) in [6.45, 7) is 5.88. The molecular weight excluding hydrogens is 238 g/mol. The molecule has 1 unspecified atom stereocenters. The predicted molar refractivity (Wildman–Crippen MR) is 64.4 cm³/mol. The van der Waals surface area contributed by atoms with Gasteiger partial charge in [0.25, 0.3) is 5.89 Å². The third kappa shape index (κ3) is 2.20. The standard InChI is InChI=1S/C10H15N5OS/c1-4-6-7(17-15-13-6)8-12-9(14-16-8)10(3,11)5-2/h4-5,11H2,1-3H3. The van der Waals surface area contributed by atoms with Crippen molar-refractivity contribution in [1.82, 2.24) is 19.7 Å². The van der Waals surface area contributed by atoms with Gasteiger partial charge in [0.1, 0.15) is 4.88 Å². The average molecular weight is 253 g/mol. The van der Waals surface area contributed by atoms with E-state index in [1.807, 2.05) is 20.8 Å². The predicted octanol–water partition coefficient (Wildman–Crippen LogP) is 1.73. The van der Waals surface area contributed by atoms with Crippen molar-refractivity contribution in [1.29, 1.82) is 0 Å². The quantitative estimate of drug-likeness (QED) is 0.892. The number of aromatic nitrogens is 4. The lowest BCUT2D eigenvalue weighted by atomic mass is 10.0. The molecule has 0 amide bonds. The van der Waals surface area contributed by atoms with Crippen molar-refractivity contribution in [3.63, 3.8) is 0 Å². The van der Waals surface area contributed by atoms with E-state index in [-0.39, 0.29) is 0 Å². The summed E-state index contributed by atoms with van der Waals surface area (Å²) >= 11 is 1.26. The zero-order chi connectivity index (χ0) is 12.5. The highest BCUT2D eigenvalue weighted by molar-refractivity contribution is 7.09. The molecule has 0 aliphatic rings. The first-order chi connectivity index (χ1) is 8.08. The number of hydrogen-bond donors (Lipinski definition) is 1. The van der Waals surface area contributed by atoms with E-state index in [2.05, 4.69) is 19.7 Å². The van der Waals surface area contributed by atoms with Gasteiger partial charge in [0.2, 0.25) is 0 Å².